The van der Waals surface area contributed by atoms with E-state index < -0.39 is 0 Å². The van der Waals surface area contributed by atoms with Gasteiger partial charge in [0.1, 0.15) is 0 Å². The predicted molar refractivity (Wildman–Crippen MR) is 70.1 cm³/mol. The molecule has 1 aromatic carbocycles. The van der Waals surface area contributed by atoms with Gasteiger partial charge in [-0.2, -0.15) is 0 Å². The Morgan fingerprint density at radius 1 is 1.44 bits per heavy atom. The van der Waals surface area contributed by atoms with Crippen LogP contribution in [0, 0.1) is 5.92 Å². The highest BCUT2D eigenvalue weighted by molar-refractivity contribution is 6.35. The monoisotopic (exact) mass is 263 g/mol. The van der Waals surface area contributed by atoms with Gasteiger partial charge in [0, 0.05) is 5.56 Å². The van der Waals surface area contributed by atoms with E-state index in [2.05, 4.69) is 22.4 Å². The smallest absolute Gasteiger partial charge is 0.183 e. The van der Waals surface area contributed by atoms with Crippen LogP contribution >= 0.6 is 11.6 Å². The van der Waals surface area contributed by atoms with Crippen molar-refractivity contribution in [2.75, 3.05) is 5.73 Å². The minimum Gasteiger partial charge on any atom is -0.398 e. The van der Waals surface area contributed by atoms with Crippen LogP contribution in [0.1, 0.15) is 25.8 Å². The Morgan fingerprint density at radius 2 is 2.22 bits per heavy atom. The fourth-order valence-corrected chi connectivity index (χ4v) is 2.36. The van der Waals surface area contributed by atoms with Gasteiger partial charge in [-0.25, -0.2) is 4.68 Å². The van der Waals surface area contributed by atoms with Gasteiger partial charge in [-0.1, -0.05) is 17.7 Å². The Labute approximate surface area is 110 Å². The number of rotatable bonds is 3. The quantitative estimate of drug-likeness (QED) is 0.864. The van der Waals surface area contributed by atoms with Crippen LogP contribution in [-0.2, 0) is 0 Å². The first-order valence-electron chi connectivity index (χ1n) is 6.00. The Bertz CT molecular complexity index is 576. The van der Waals surface area contributed by atoms with Crippen molar-refractivity contribution in [3.63, 3.8) is 0 Å². The normalized spacial score (nSPS) is 16.8. The highest BCUT2D eigenvalue weighted by atomic mass is 35.5. The van der Waals surface area contributed by atoms with E-state index in [1.165, 1.54) is 12.8 Å². The first-order chi connectivity index (χ1) is 8.68. The van der Waals surface area contributed by atoms with Crippen LogP contribution in [0.4, 0.5) is 5.69 Å². The van der Waals surface area contributed by atoms with Crippen molar-refractivity contribution in [2.24, 2.45) is 5.92 Å². The number of halogens is 1. The maximum atomic E-state index is 6.22. The van der Waals surface area contributed by atoms with Crippen LogP contribution < -0.4 is 5.73 Å². The van der Waals surface area contributed by atoms with Crippen molar-refractivity contribution in [1.29, 1.82) is 0 Å². The van der Waals surface area contributed by atoms with Crippen LogP contribution in [0.3, 0.4) is 0 Å². The maximum Gasteiger partial charge on any atom is 0.183 e. The molecule has 0 saturated heterocycles. The predicted octanol–water partition coefficient (Wildman–Crippen LogP) is 2.55. The average molecular weight is 264 g/mol. The van der Waals surface area contributed by atoms with E-state index in [-0.39, 0.29) is 0 Å². The van der Waals surface area contributed by atoms with Crippen LogP contribution in [0.2, 0.25) is 5.02 Å². The van der Waals surface area contributed by atoms with Crippen molar-refractivity contribution in [3.05, 3.63) is 23.2 Å². The summed E-state index contributed by atoms with van der Waals surface area (Å²) in [5.41, 5.74) is 7.15. The molecule has 18 heavy (non-hydrogen) atoms. The Hall–Kier alpha value is -1.62. The lowest BCUT2D eigenvalue weighted by Gasteiger charge is -2.13. The van der Waals surface area contributed by atoms with Gasteiger partial charge in [0.15, 0.2) is 5.82 Å². The third kappa shape index (κ3) is 1.84. The zero-order valence-electron chi connectivity index (χ0n) is 10.0. The van der Waals surface area contributed by atoms with Crippen molar-refractivity contribution in [1.82, 2.24) is 20.2 Å². The number of tetrazole rings is 1. The zero-order chi connectivity index (χ0) is 12.7. The van der Waals surface area contributed by atoms with Gasteiger partial charge >= 0.3 is 0 Å². The molecule has 1 aliphatic carbocycles. The fraction of sp³-hybridized carbons (Fsp3) is 0.417. The molecular formula is C12H14ClN5. The second-order valence-corrected chi connectivity index (χ2v) is 5.11. The Morgan fingerprint density at radius 3 is 2.94 bits per heavy atom. The largest absolute Gasteiger partial charge is 0.398 e. The molecule has 1 heterocycles. The Balaban J connectivity index is 2.06. The summed E-state index contributed by atoms with van der Waals surface area (Å²) in [7, 11) is 0. The van der Waals surface area contributed by atoms with E-state index in [4.69, 9.17) is 17.3 Å². The molecule has 5 nitrogen and oxygen atoms in total. The van der Waals surface area contributed by atoms with Crippen molar-refractivity contribution in [2.45, 2.75) is 25.8 Å². The molecule has 1 fully saturated rings. The third-order valence-electron chi connectivity index (χ3n) is 3.45. The van der Waals surface area contributed by atoms with Crippen LogP contribution in [0.5, 0.6) is 0 Å². The summed E-state index contributed by atoms with van der Waals surface area (Å²) >= 11 is 6.22. The summed E-state index contributed by atoms with van der Waals surface area (Å²) < 4.78 is 1.85. The second kappa shape index (κ2) is 4.24. The molecule has 0 bridgehead atoms. The lowest BCUT2D eigenvalue weighted by molar-refractivity contribution is 0.433. The summed E-state index contributed by atoms with van der Waals surface area (Å²) in [6.07, 6.45) is 2.48. The van der Waals surface area contributed by atoms with E-state index in [0.29, 0.717) is 28.5 Å². The molecule has 1 saturated carbocycles. The Kier molecular flexibility index (Phi) is 2.70. The number of benzene rings is 1. The molecule has 1 unspecified atom stereocenters. The lowest BCUT2D eigenvalue weighted by atomic mass is 10.1. The van der Waals surface area contributed by atoms with E-state index in [0.717, 1.165) is 5.56 Å². The van der Waals surface area contributed by atoms with Crippen molar-refractivity contribution in [3.8, 4) is 11.4 Å². The topological polar surface area (TPSA) is 69.6 Å². The highest BCUT2D eigenvalue weighted by Crippen LogP contribution is 2.41. The first kappa shape index (κ1) is 11.5. The zero-order valence-corrected chi connectivity index (χ0v) is 10.8. The molecule has 94 valence electrons. The molecule has 1 aromatic heterocycles. The van der Waals surface area contributed by atoms with E-state index in [1.54, 1.807) is 6.07 Å². The molecular weight excluding hydrogens is 250 g/mol. The lowest BCUT2D eigenvalue weighted by Crippen LogP contribution is -2.11. The number of anilines is 1. The molecule has 1 atom stereocenters. The van der Waals surface area contributed by atoms with E-state index in [1.807, 2.05) is 16.8 Å². The molecule has 6 heteroatoms. The summed E-state index contributed by atoms with van der Waals surface area (Å²) in [6, 6.07) is 5.81. The molecule has 3 rings (SSSR count). The standard InChI is InChI=1S/C12H14ClN5/c1-7(8-5-6-8)18-12(15-16-17-18)9-3-2-4-10(14)11(9)13/h2-4,7-8H,5-6,14H2,1H3. The minimum absolute atomic E-state index is 0.299. The van der Waals surface area contributed by atoms with Gasteiger partial charge in [0.2, 0.25) is 0 Å². The van der Waals surface area contributed by atoms with E-state index in [9.17, 15) is 0 Å². The molecule has 0 radical (unpaired) electrons. The molecule has 2 N–H and O–H groups in total. The number of hydrogen-bond donors (Lipinski definition) is 1. The molecule has 1 aliphatic rings. The maximum absolute atomic E-state index is 6.22. The number of nitrogens with two attached hydrogens (primary N) is 1. The van der Waals surface area contributed by atoms with Gasteiger partial charge in [-0.3, -0.25) is 0 Å². The van der Waals surface area contributed by atoms with Gasteiger partial charge in [0.25, 0.3) is 0 Å². The van der Waals surface area contributed by atoms with E-state index >= 15 is 0 Å². The van der Waals surface area contributed by atoms with Crippen LogP contribution in [0.25, 0.3) is 11.4 Å². The van der Waals surface area contributed by atoms with Gasteiger partial charge in [0.05, 0.1) is 16.8 Å². The number of hydrogen-bond acceptors (Lipinski definition) is 4. The third-order valence-corrected chi connectivity index (χ3v) is 3.87. The SMILES string of the molecule is CC(C1CC1)n1nnnc1-c1cccc(N)c1Cl. The van der Waals surface area contributed by atoms with Crippen LogP contribution in [0.15, 0.2) is 18.2 Å². The summed E-state index contributed by atoms with van der Waals surface area (Å²) in [5.74, 6) is 1.36. The molecule has 0 spiro atoms. The molecule has 0 aliphatic heterocycles. The average Bonchev–Trinajstić information content (AvgIpc) is 3.10. The van der Waals surface area contributed by atoms with Crippen LogP contribution in [-0.4, -0.2) is 20.2 Å². The number of aromatic nitrogens is 4. The van der Waals surface area contributed by atoms with Gasteiger partial charge < -0.3 is 5.73 Å². The second-order valence-electron chi connectivity index (χ2n) is 4.73. The number of nitrogen functional groups attached to an aromatic ring is 1. The summed E-state index contributed by atoms with van der Waals surface area (Å²) in [4.78, 5) is 0. The summed E-state index contributed by atoms with van der Waals surface area (Å²) in [5, 5.41) is 12.4. The fourth-order valence-electron chi connectivity index (χ4n) is 2.15. The first-order valence-corrected chi connectivity index (χ1v) is 6.38. The number of nitrogens with zero attached hydrogens (tertiary/aromatic N) is 4. The molecule has 0 amide bonds. The van der Waals surface area contributed by atoms with Gasteiger partial charge in [-0.05, 0) is 48.2 Å². The highest BCUT2D eigenvalue weighted by Gasteiger charge is 2.32. The van der Waals surface area contributed by atoms with Crippen molar-refractivity contribution < 1.29 is 0 Å². The summed E-state index contributed by atoms with van der Waals surface area (Å²) in [6.45, 7) is 2.14. The van der Waals surface area contributed by atoms with Crippen molar-refractivity contribution >= 4 is 17.3 Å². The molecule has 2 aromatic rings. The minimum atomic E-state index is 0.299. The van der Waals surface area contributed by atoms with Gasteiger partial charge in [-0.15, -0.1) is 5.10 Å².